The van der Waals surface area contributed by atoms with Gasteiger partial charge in [-0.3, -0.25) is 0 Å². The second kappa shape index (κ2) is 4.94. The van der Waals surface area contributed by atoms with Crippen LogP contribution in [-0.4, -0.2) is 35.9 Å². The molecule has 0 saturated carbocycles. The second-order valence-electron chi connectivity index (χ2n) is 5.40. The number of benzene rings is 1. The van der Waals surface area contributed by atoms with Crippen molar-refractivity contribution in [2.45, 2.75) is 32.4 Å². The van der Waals surface area contributed by atoms with E-state index in [1.807, 2.05) is 13.4 Å². The molecular weight excluding hydrogens is 238 g/mol. The van der Waals surface area contributed by atoms with Crippen molar-refractivity contribution >= 4 is 11.0 Å². The molecule has 2 heterocycles. The van der Waals surface area contributed by atoms with Crippen LogP contribution in [0.2, 0.25) is 0 Å². The summed E-state index contributed by atoms with van der Waals surface area (Å²) in [7, 11) is 2.03. The number of rotatable bonds is 2. The zero-order chi connectivity index (χ0) is 13.4. The average molecular weight is 259 g/mol. The van der Waals surface area contributed by atoms with Gasteiger partial charge in [-0.15, -0.1) is 0 Å². The lowest BCUT2D eigenvalue weighted by atomic mass is 10.0. The van der Waals surface area contributed by atoms with Gasteiger partial charge in [0, 0.05) is 12.6 Å². The van der Waals surface area contributed by atoms with Gasteiger partial charge in [-0.2, -0.15) is 0 Å². The molecule has 19 heavy (non-hydrogen) atoms. The normalized spacial score (nSPS) is 23.9. The van der Waals surface area contributed by atoms with Crippen LogP contribution < -0.4 is 5.32 Å². The quantitative estimate of drug-likeness (QED) is 0.898. The Morgan fingerprint density at radius 3 is 2.89 bits per heavy atom. The lowest BCUT2D eigenvalue weighted by molar-refractivity contribution is 0.0404. The Hall–Kier alpha value is -1.39. The third-order valence-corrected chi connectivity index (χ3v) is 4.24. The molecule has 0 amide bonds. The first kappa shape index (κ1) is 12.6. The fourth-order valence-corrected chi connectivity index (χ4v) is 2.88. The van der Waals surface area contributed by atoms with Crippen LogP contribution in [0.5, 0.6) is 0 Å². The van der Waals surface area contributed by atoms with Crippen LogP contribution in [-0.2, 0) is 4.74 Å². The van der Waals surface area contributed by atoms with Crippen LogP contribution in [0.15, 0.2) is 18.5 Å². The number of hydrogen-bond acceptors (Lipinski definition) is 3. The number of likely N-dealkylation sites (N-methyl/N-ethyl adjacent to an activating group) is 1. The summed E-state index contributed by atoms with van der Waals surface area (Å²) >= 11 is 0. The number of fused-ring (bicyclic) bond motifs is 1. The van der Waals surface area contributed by atoms with Crippen LogP contribution in [0, 0.1) is 13.8 Å². The highest BCUT2D eigenvalue weighted by molar-refractivity contribution is 5.77. The van der Waals surface area contributed by atoms with Gasteiger partial charge in [0.2, 0.25) is 0 Å². The summed E-state index contributed by atoms with van der Waals surface area (Å²) in [5.74, 6) is 0. The molecule has 102 valence electrons. The molecule has 4 heteroatoms. The zero-order valence-corrected chi connectivity index (χ0v) is 11.8. The van der Waals surface area contributed by atoms with Crippen LogP contribution >= 0.6 is 0 Å². The SMILES string of the molecule is CNC1CCOCC1n1cnc2cc(C)c(C)cc21. The van der Waals surface area contributed by atoms with E-state index in [0.29, 0.717) is 12.1 Å². The minimum absolute atomic E-state index is 0.325. The van der Waals surface area contributed by atoms with Crippen LogP contribution in [0.4, 0.5) is 0 Å². The van der Waals surface area contributed by atoms with Gasteiger partial charge in [-0.25, -0.2) is 4.98 Å². The lowest BCUT2D eigenvalue weighted by Gasteiger charge is -2.32. The van der Waals surface area contributed by atoms with E-state index in [9.17, 15) is 0 Å². The molecule has 1 aliphatic heterocycles. The first-order valence-electron chi connectivity index (χ1n) is 6.89. The van der Waals surface area contributed by atoms with Gasteiger partial charge < -0.3 is 14.6 Å². The molecule has 1 N–H and O–H groups in total. The van der Waals surface area contributed by atoms with E-state index in [4.69, 9.17) is 4.74 Å². The van der Waals surface area contributed by atoms with Crippen molar-refractivity contribution in [1.82, 2.24) is 14.9 Å². The highest BCUT2D eigenvalue weighted by Gasteiger charge is 2.27. The molecule has 2 atom stereocenters. The molecule has 3 rings (SSSR count). The molecule has 0 spiro atoms. The van der Waals surface area contributed by atoms with Gasteiger partial charge in [-0.05, 0) is 50.6 Å². The molecule has 4 nitrogen and oxygen atoms in total. The number of aromatic nitrogens is 2. The van der Waals surface area contributed by atoms with Crippen molar-refractivity contribution in [3.8, 4) is 0 Å². The van der Waals surface area contributed by atoms with E-state index < -0.39 is 0 Å². The van der Waals surface area contributed by atoms with E-state index in [1.165, 1.54) is 16.6 Å². The maximum atomic E-state index is 5.65. The number of nitrogens with one attached hydrogen (secondary N) is 1. The maximum absolute atomic E-state index is 5.65. The number of hydrogen-bond donors (Lipinski definition) is 1. The predicted molar refractivity (Wildman–Crippen MR) is 76.5 cm³/mol. The summed E-state index contributed by atoms with van der Waals surface area (Å²) in [5.41, 5.74) is 4.89. The Kier molecular flexibility index (Phi) is 3.29. The third kappa shape index (κ3) is 2.15. The molecule has 2 unspecified atom stereocenters. The molecule has 1 aromatic carbocycles. The smallest absolute Gasteiger partial charge is 0.0962 e. The van der Waals surface area contributed by atoms with Crippen molar-refractivity contribution in [2.24, 2.45) is 0 Å². The van der Waals surface area contributed by atoms with Gasteiger partial charge >= 0.3 is 0 Å². The van der Waals surface area contributed by atoms with Crippen LogP contribution in [0.1, 0.15) is 23.6 Å². The van der Waals surface area contributed by atoms with Gasteiger partial charge in [0.1, 0.15) is 0 Å². The number of ether oxygens (including phenoxy) is 1. The minimum Gasteiger partial charge on any atom is -0.379 e. The molecule has 1 aliphatic rings. The van der Waals surface area contributed by atoms with Crippen molar-refractivity contribution in [2.75, 3.05) is 20.3 Å². The fourth-order valence-electron chi connectivity index (χ4n) is 2.88. The van der Waals surface area contributed by atoms with Crippen molar-refractivity contribution < 1.29 is 4.74 Å². The maximum Gasteiger partial charge on any atom is 0.0962 e. The first-order chi connectivity index (χ1) is 9.20. The van der Waals surface area contributed by atoms with Gasteiger partial charge in [0.25, 0.3) is 0 Å². The topological polar surface area (TPSA) is 39.1 Å². The summed E-state index contributed by atoms with van der Waals surface area (Å²) in [6, 6.07) is 5.18. The van der Waals surface area contributed by atoms with Crippen molar-refractivity contribution in [1.29, 1.82) is 0 Å². The van der Waals surface area contributed by atoms with Gasteiger partial charge in [-0.1, -0.05) is 0 Å². The summed E-state index contributed by atoms with van der Waals surface area (Å²) < 4.78 is 7.92. The molecule has 0 aliphatic carbocycles. The van der Waals surface area contributed by atoms with E-state index in [0.717, 1.165) is 25.2 Å². The second-order valence-corrected chi connectivity index (χ2v) is 5.40. The number of aryl methyl sites for hydroxylation is 2. The third-order valence-electron chi connectivity index (χ3n) is 4.24. The lowest BCUT2D eigenvalue weighted by Crippen LogP contribution is -2.42. The largest absolute Gasteiger partial charge is 0.379 e. The Labute approximate surface area is 113 Å². The molecule has 1 fully saturated rings. The predicted octanol–water partition coefficient (Wildman–Crippen LogP) is 2.20. The first-order valence-corrected chi connectivity index (χ1v) is 6.89. The molecule has 0 bridgehead atoms. The van der Waals surface area contributed by atoms with E-state index in [1.54, 1.807) is 0 Å². The standard InChI is InChI=1S/C15H21N3O/c1-10-6-13-14(7-11(10)2)18(9-17-13)15-8-19-5-4-12(15)16-3/h6-7,9,12,15-16H,4-5,8H2,1-3H3. The van der Waals surface area contributed by atoms with Crippen LogP contribution in [0.25, 0.3) is 11.0 Å². The van der Waals surface area contributed by atoms with Crippen molar-refractivity contribution in [3.63, 3.8) is 0 Å². The number of nitrogens with zero attached hydrogens (tertiary/aromatic N) is 2. The monoisotopic (exact) mass is 259 g/mol. The summed E-state index contributed by atoms with van der Waals surface area (Å²) in [6.45, 7) is 5.88. The Balaban J connectivity index is 2.06. The van der Waals surface area contributed by atoms with E-state index in [2.05, 4.69) is 40.8 Å². The number of imidazole rings is 1. The summed E-state index contributed by atoms with van der Waals surface area (Å²) in [4.78, 5) is 4.54. The molecule has 1 aromatic heterocycles. The molecule has 2 aromatic rings. The fraction of sp³-hybridized carbons (Fsp3) is 0.533. The van der Waals surface area contributed by atoms with E-state index in [-0.39, 0.29) is 0 Å². The Morgan fingerprint density at radius 2 is 2.11 bits per heavy atom. The highest BCUT2D eigenvalue weighted by Crippen LogP contribution is 2.26. The zero-order valence-electron chi connectivity index (χ0n) is 11.8. The Morgan fingerprint density at radius 1 is 1.32 bits per heavy atom. The molecule has 0 radical (unpaired) electrons. The van der Waals surface area contributed by atoms with Gasteiger partial charge in [0.05, 0.1) is 30.0 Å². The molecular formula is C15H21N3O. The van der Waals surface area contributed by atoms with E-state index >= 15 is 0 Å². The average Bonchev–Trinajstić information content (AvgIpc) is 2.82. The summed E-state index contributed by atoms with van der Waals surface area (Å²) in [5, 5.41) is 3.40. The Bertz CT molecular complexity index is 590. The minimum atomic E-state index is 0.325. The summed E-state index contributed by atoms with van der Waals surface area (Å²) in [6.07, 6.45) is 3.00. The molecule has 1 saturated heterocycles. The van der Waals surface area contributed by atoms with Gasteiger partial charge in [0.15, 0.2) is 0 Å². The highest BCUT2D eigenvalue weighted by atomic mass is 16.5. The van der Waals surface area contributed by atoms with Crippen molar-refractivity contribution in [3.05, 3.63) is 29.6 Å². The van der Waals surface area contributed by atoms with Crippen LogP contribution in [0.3, 0.4) is 0 Å².